The highest BCUT2D eigenvalue weighted by molar-refractivity contribution is 5.95. The topological polar surface area (TPSA) is 84.2 Å². The molecular formula is C26H30FN3O2. The summed E-state index contributed by atoms with van der Waals surface area (Å²) in [6.45, 7) is 3.87. The molecule has 0 saturated heterocycles. The molecule has 0 spiro atoms. The van der Waals surface area contributed by atoms with Gasteiger partial charge in [0.05, 0.1) is 12.6 Å². The molecular weight excluding hydrogens is 405 g/mol. The Hall–Kier alpha value is -3.51. The predicted molar refractivity (Wildman–Crippen MR) is 128 cm³/mol. The second-order valence-corrected chi connectivity index (χ2v) is 6.98. The molecule has 0 aliphatic rings. The van der Waals surface area contributed by atoms with Gasteiger partial charge in [-0.3, -0.25) is 9.59 Å². The van der Waals surface area contributed by atoms with Gasteiger partial charge in [-0.15, -0.1) is 0 Å². The lowest BCUT2D eigenvalue weighted by molar-refractivity contribution is -0.125. The quantitative estimate of drug-likeness (QED) is 0.486. The number of para-hydroxylation sites is 1. The van der Waals surface area contributed by atoms with E-state index in [-0.39, 0.29) is 24.2 Å². The largest absolute Gasteiger partial charge is 0.346 e. The highest BCUT2D eigenvalue weighted by Crippen LogP contribution is 2.20. The van der Waals surface area contributed by atoms with Gasteiger partial charge in [0, 0.05) is 5.69 Å². The maximum absolute atomic E-state index is 13.0. The van der Waals surface area contributed by atoms with Gasteiger partial charge in [-0.2, -0.15) is 0 Å². The van der Waals surface area contributed by atoms with Gasteiger partial charge in [0.1, 0.15) is 5.82 Å². The first-order valence-corrected chi connectivity index (χ1v) is 10.7. The van der Waals surface area contributed by atoms with Gasteiger partial charge in [0.2, 0.25) is 11.8 Å². The van der Waals surface area contributed by atoms with Crippen molar-refractivity contribution in [3.8, 4) is 11.1 Å². The summed E-state index contributed by atoms with van der Waals surface area (Å²) in [5.41, 5.74) is 9.61. The molecule has 0 radical (unpaired) electrons. The van der Waals surface area contributed by atoms with Crippen LogP contribution in [0.2, 0.25) is 0 Å². The predicted octanol–water partition coefficient (Wildman–Crippen LogP) is 4.53. The van der Waals surface area contributed by atoms with E-state index < -0.39 is 6.04 Å². The van der Waals surface area contributed by atoms with Crippen molar-refractivity contribution in [1.82, 2.24) is 5.32 Å². The average molecular weight is 436 g/mol. The molecule has 3 aromatic rings. The van der Waals surface area contributed by atoms with Gasteiger partial charge >= 0.3 is 0 Å². The molecule has 0 fully saturated rings. The van der Waals surface area contributed by atoms with E-state index in [2.05, 4.69) is 10.6 Å². The Morgan fingerprint density at radius 3 is 2.03 bits per heavy atom. The highest BCUT2D eigenvalue weighted by atomic mass is 19.1. The zero-order chi connectivity index (χ0) is 23.3. The summed E-state index contributed by atoms with van der Waals surface area (Å²) >= 11 is 0. The second-order valence-electron chi connectivity index (χ2n) is 6.98. The van der Waals surface area contributed by atoms with Crippen LogP contribution in [0.15, 0.2) is 78.9 Å². The molecule has 1 atom stereocenters. The van der Waals surface area contributed by atoms with Crippen molar-refractivity contribution in [3.05, 3.63) is 90.2 Å². The lowest BCUT2D eigenvalue weighted by atomic mass is 10.0. The Balaban J connectivity index is 0.00000176. The summed E-state index contributed by atoms with van der Waals surface area (Å²) in [5, 5.41) is 5.27. The van der Waals surface area contributed by atoms with Crippen molar-refractivity contribution in [2.24, 2.45) is 5.73 Å². The van der Waals surface area contributed by atoms with Crippen LogP contribution in [-0.2, 0) is 16.0 Å². The number of benzene rings is 3. The fourth-order valence-electron chi connectivity index (χ4n) is 2.98. The number of nitrogens with two attached hydrogens (primary N) is 1. The van der Waals surface area contributed by atoms with Crippen LogP contribution >= 0.6 is 0 Å². The first-order valence-electron chi connectivity index (χ1n) is 10.7. The van der Waals surface area contributed by atoms with Crippen LogP contribution in [0.5, 0.6) is 0 Å². The number of aryl methyl sites for hydroxylation is 1. The number of rotatable bonds is 8. The SMILES string of the molecule is CC.N[C@@H](CCc1ccc(-c2ccc(F)cc2)cc1)C(=O)NCC(=O)Nc1ccccc1. The summed E-state index contributed by atoms with van der Waals surface area (Å²) in [7, 11) is 0. The molecule has 0 bridgehead atoms. The number of carbonyl (C=O) groups is 2. The van der Waals surface area contributed by atoms with Crippen LogP contribution < -0.4 is 16.4 Å². The Morgan fingerprint density at radius 1 is 0.875 bits per heavy atom. The van der Waals surface area contributed by atoms with E-state index in [1.165, 1.54) is 12.1 Å². The third-order valence-electron chi connectivity index (χ3n) is 4.69. The molecule has 2 amide bonds. The smallest absolute Gasteiger partial charge is 0.243 e. The van der Waals surface area contributed by atoms with E-state index in [9.17, 15) is 14.0 Å². The minimum Gasteiger partial charge on any atom is -0.346 e. The summed E-state index contributed by atoms with van der Waals surface area (Å²) in [6.07, 6.45) is 1.09. The molecule has 5 nitrogen and oxygen atoms in total. The van der Waals surface area contributed by atoms with Crippen LogP contribution in [0.3, 0.4) is 0 Å². The second kappa shape index (κ2) is 13.0. The fraction of sp³-hybridized carbons (Fsp3) is 0.231. The molecule has 0 aliphatic heterocycles. The minimum atomic E-state index is -0.702. The summed E-state index contributed by atoms with van der Waals surface area (Å²) in [5.74, 6) is -0.931. The fourth-order valence-corrected chi connectivity index (χ4v) is 2.98. The normalized spacial score (nSPS) is 11.0. The Bertz CT molecular complexity index is 974. The molecule has 3 rings (SSSR count). The van der Waals surface area contributed by atoms with Crippen LogP contribution in [0.1, 0.15) is 25.8 Å². The Morgan fingerprint density at radius 2 is 1.44 bits per heavy atom. The number of nitrogens with one attached hydrogen (secondary N) is 2. The lowest BCUT2D eigenvalue weighted by Gasteiger charge is -2.12. The van der Waals surface area contributed by atoms with Gasteiger partial charge in [-0.1, -0.05) is 68.4 Å². The first-order chi connectivity index (χ1) is 15.5. The first kappa shape index (κ1) is 24.8. The Labute approximate surface area is 188 Å². The van der Waals surface area contributed by atoms with Crippen LogP contribution in [0.25, 0.3) is 11.1 Å². The van der Waals surface area contributed by atoms with Crippen molar-refractivity contribution in [3.63, 3.8) is 0 Å². The van der Waals surface area contributed by atoms with E-state index >= 15 is 0 Å². The summed E-state index contributed by atoms with van der Waals surface area (Å²) in [4.78, 5) is 24.0. The van der Waals surface area contributed by atoms with Crippen LogP contribution in [0, 0.1) is 5.82 Å². The maximum atomic E-state index is 13.0. The molecule has 3 aromatic carbocycles. The summed E-state index contributed by atoms with van der Waals surface area (Å²) in [6, 6.07) is 22.5. The van der Waals surface area contributed by atoms with Crippen molar-refractivity contribution >= 4 is 17.5 Å². The molecule has 0 unspecified atom stereocenters. The Kier molecular flexibility index (Phi) is 10.1. The zero-order valence-corrected chi connectivity index (χ0v) is 18.5. The van der Waals surface area contributed by atoms with E-state index in [4.69, 9.17) is 5.73 Å². The van der Waals surface area contributed by atoms with Crippen LogP contribution in [0.4, 0.5) is 10.1 Å². The molecule has 4 N–H and O–H groups in total. The van der Waals surface area contributed by atoms with E-state index in [0.717, 1.165) is 16.7 Å². The van der Waals surface area contributed by atoms with Gasteiger partial charge in [0.25, 0.3) is 0 Å². The zero-order valence-electron chi connectivity index (χ0n) is 18.5. The molecule has 0 saturated carbocycles. The van der Waals surface area contributed by atoms with Crippen molar-refractivity contribution in [1.29, 1.82) is 0 Å². The lowest BCUT2D eigenvalue weighted by Crippen LogP contribution is -2.43. The number of hydrogen-bond donors (Lipinski definition) is 3. The number of carbonyl (C=O) groups excluding carboxylic acids is 2. The number of anilines is 1. The molecule has 0 aromatic heterocycles. The number of halogens is 1. The molecule has 0 aliphatic carbocycles. The third kappa shape index (κ3) is 7.96. The monoisotopic (exact) mass is 435 g/mol. The summed E-state index contributed by atoms with van der Waals surface area (Å²) < 4.78 is 13.0. The van der Waals surface area contributed by atoms with Gasteiger partial charge < -0.3 is 16.4 Å². The molecule has 168 valence electrons. The van der Waals surface area contributed by atoms with Crippen molar-refractivity contribution in [2.45, 2.75) is 32.7 Å². The molecule has 32 heavy (non-hydrogen) atoms. The maximum Gasteiger partial charge on any atom is 0.243 e. The molecule has 6 heteroatoms. The van der Waals surface area contributed by atoms with Gasteiger partial charge in [-0.05, 0) is 53.8 Å². The van der Waals surface area contributed by atoms with E-state index in [1.807, 2.05) is 56.3 Å². The number of amides is 2. The van der Waals surface area contributed by atoms with Gasteiger partial charge in [0.15, 0.2) is 0 Å². The van der Waals surface area contributed by atoms with E-state index in [0.29, 0.717) is 18.5 Å². The minimum absolute atomic E-state index is 0.131. The van der Waals surface area contributed by atoms with E-state index in [1.54, 1.807) is 24.3 Å². The van der Waals surface area contributed by atoms with Crippen molar-refractivity contribution < 1.29 is 14.0 Å². The average Bonchev–Trinajstić information content (AvgIpc) is 2.84. The van der Waals surface area contributed by atoms with Crippen LogP contribution in [-0.4, -0.2) is 24.4 Å². The number of hydrogen-bond acceptors (Lipinski definition) is 3. The highest BCUT2D eigenvalue weighted by Gasteiger charge is 2.14. The standard InChI is InChI=1S/C24H24FN3O2.C2H6/c25-20-13-11-19(12-14-20)18-9-6-17(7-10-18)8-15-22(26)24(30)27-16-23(29)28-21-4-2-1-3-5-21;1-2/h1-7,9-14,22H,8,15-16,26H2,(H,27,30)(H,28,29);1-2H3/t22-;/m0./s1. The van der Waals surface area contributed by atoms with Gasteiger partial charge in [-0.25, -0.2) is 4.39 Å². The molecule has 0 heterocycles. The van der Waals surface area contributed by atoms with Crippen molar-refractivity contribution in [2.75, 3.05) is 11.9 Å². The third-order valence-corrected chi connectivity index (χ3v) is 4.69.